The lowest BCUT2D eigenvalue weighted by atomic mass is 10.0. The number of aromatic nitrogens is 1. The summed E-state index contributed by atoms with van der Waals surface area (Å²) in [7, 11) is 0. The molecule has 0 atom stereocenters. The number of aromatic carboxylic acids is 1. The maximum atomic E-state index is 12.7. The Hall–Kier alpha value is -3.35. The number of alkyl halides is 3. The molecule has 0 bridgehead atoms. The van der Waals surface area contributed by atoms with Crippen molar-refractivity contribution in [2.75, 3.05) is 6.61 Å². The van der Waals surface area contributed by atoms with Crippen molar-refractivity contribution < 1.29 is 27.8 Å². The van der Waals surface area contributed by atoms with Crippen molar-refractivity contribution in [2.45, 2.75) is 44.7 Å². The fourth-order valence-electron chi connectivity index (χ4n) is 3.42. The van der Waals surface area contributed by atoms with E-state index in [0.717, 1.165) is 56.2 Å². The average molecular weight is 457 g/mol. The van der Waals surface area contributed by atoms with Gasteiger partial charge >= 0.3 is 12.1 Å². The monoisotopic (exact) mass is 457 g/mol. The first-order valence-electron chi connectivity index (χ1n) is 10.9. The second-order valence-corrected chi connectivity index (χ2v) is 7.82. The minimum Gasteiger partial charge on any atom is -0.494 e. The predicted octanol–water partition coefficient (Wildman–Crippen LogP) is 7.04. The van der Waals surface area contributed by atoms with Crippen LogP contribution < -0.4 is 4.74 Å². The van der Waals surface area contributed by atoms with Gasteiger partial charge in [-0.1, -0.05) is 37.5 Å². The summed E-state index contributed by atoms with van der Waals surface area (Å²) in [5.74, 6) is -0.278. The molecule has 0 saturated carbocycles. The zero-order chi connectivity index (χ0) is 23.7. The number of carboxylic acid groups (broad SMARTS) is 1. The van der Waals surface area contributed by atoms with Gasteiger partial charge in [-0.25, -0.2) is 4.79 Å². The highest BCUT2D eigenvalue weighted by Crippen LogP contribution is 2.30. The molecule has 0 spiro atoms. The Morgan fingerprint density at radius 2 is 1.52 bits per heavy atom. The highest BCUT2D eigenvalue weighted by molar-refractivity contribution is 5.87. The minimum atomic E-state index is -4.33. The van der Waals surface area contributed by atoms with Crippen LogP contribution in [0.5, 0.6) is 5.75 Å². The van der Waals surface area contributed by atoms with Crippen molar-refractivity contribution in [3.8, 4) is 17.0 Å². The Balaban J connectivity index is 1.30. The van der Waals surface area contributed by atoms with Crippen LogP contribution in [0, 0.1) is 0 Å². The van der Waals surface area contributed by atoms with Gasteiger partial charge in [0.15, 0.2) is 0 Å². The van der Waals surface area contributed by atoms with Gasteiger partial charge in [0.05, 0.1) is 23.4 Å². The van der Waals surface area contributed by atoms with E-state index < -0.39 is 17.7 Å². The highest BCUT2D eigenvalue weighted by atomic mass is 19.4. The molecule has 0 unspecified atom stereocenters. The van der Waals surface area contributed by atoms with Crippen LogP contribution in [0.25, 0.3) is 11.3 Å². The van der Waals surface area contributed by atoms with Crippen molar-refractivity contribution in [1.82, 2.24) is 4.98 Å². The van der Waals surface area contributed by atoms with E-state index in [0.29, 0.717) is 23.6 Å². The van der Waals surface area contributed by atoms with Crippen LogP contribution in [0.4, 0.5) is 13.2 Å². The number of nitrogens with zero attached hydrogens (tertiary/aromatic N) is 1. The van der Waals surface area contributed by atoms with Gasteiger partial charge in [0, 0.05) is 11.8 Å². The number of carboxylic acids is 1. The van der Waals surface area contributed by atoms with E-state index in [1.165, 1.54) is 24.3 Å². The van der Waals surface area contributed by atoms with Crippen molar-refractivity contribution in [3.63, 3.8) is 0 Å². The fourth-order valence-corrected chi connectivity index (χ4v) is 3.42. The Morgan fingerprint density at radius 1 is 0.848 bits per heavy atom. The molecule has 2 aromatic carbocycles. The largest absolute Gasteiger partial charge is 0.494 e. The summed E-state index contributed by atoms with van der Waals surface area (Å²) in [5.41, 5.74) is 2.01. The van der Waals surface area contributed by atoms with Crippen molar-refractivity contribution in [2.24, 2.45) is 0 Å². The third kappa shape index (κ3) is 7.63. The molecule has 4 nitrogen and oxygen atoms in total. The Kier molecular flexibility index (Phi) is 8.46. The molecule has 0 saturated heterocycles. The molecule has 33 heavy (non-hydrogen) atoms. The maximum absolute atomic E-state index is 12.7. The number of aryl methyl sites for hydroxylation is 1. The third-order valence-electron chi connectivity index (χ3n) is 5.31. The van der Waals surface area contributed by atoms with Gasteiger partial charge in [0.2, 0.25) is 0 Å². The SMILES string of the molecule is O=C(O)c1ccc(OCCCCCCCc2ccc(-c3ccc(C(F)(F)F)cc3)nc2)cc1. The molecule has 0 radical (unpaired) electrons. The third-order valence-corrected chi connectivity index (χ3v) is 5.31. The average Bonchev–Trinajstić information content (AvgIpc) is 2.81. The number of hydrogen-bond acceptors (Lipinski definition) is 3. The molecule has 174 valence electrons. The molecular weight excluding hydrogens is 431 g/mol. The lowest BCUT2D eigenvalue weighted by molar-refractivity contribution is -0.137. The molecule has 1 N–H and O–H groups in total. The summed E-state index contributed by atoms with van der Waals surface area (Å²) >= 11 is 0. The van der Waals surface area contributed by atoms with Gasteiger partial charge in [0.25, 0.3) is 0 Å². The van der Waals surface area contributed by atoms with E-state index in [2.05, 4.69) is 4.98 Å². The lowest BCUT2D eigenvalue weighted by Gasteiger charge is -2.08. The maximum Gasteiger partial charge on any atom is 0.416 e. The van der Waals surface area contributed by atoms with Crippen LogP contribution in [0.3, 0.4) is 0 Å². The summed E-state index contributed by atoms with van der Waals surface area (Å²) in [6.07, 6.45) is 3.58. The second kappa shape index (κ2) is 11.5. The molecule has 3 aromatic rings. The number of rotatable bonds is 11. The number of unbranched alkanes of at least 4 members (excludes halogenated alkanes) is 4. The molecule has 0 aliphatic carbocycles. The van der Waals surface area contributed by atoms with Crippen LogP contribution in [-0.2, 0) is 12.6 Å². The van der Waals surface area contributed by atoms with Crippen molar-refractivity contribution >= 4 is 5.97 Å². The molecule has 0 fully saturated rings. The molecule has 7 heteroatoms. The smallest absolute Gasteiger partial charge is 0.416 e. The molecule has 3 rings (SSSR count). The molecule has 1 heterocycles. The van der Waals surface area contributed by atoms with Crippen LogP contribution in [0.1, 0.15) is 53.6 Å². The lowest BCUT2D eigenvalue weighted by Crippen LogP contribution is -2.04. The number of halogens is 3. The summed E-state index contributed by atoms with van der Waals surface area (Å²) in [5, 5.41) is 8.88. The van der Waals surface area contributed by atoms with Crippen LogP contribution in [-0.4, -0.2) is 22.7 Å². The molecule has 0 aliphatic rings. The number of pyridine rings is 1. The van der Waals surface area contributed by atoms with E-state index in [1.807, 2.05) is 12.1 Å². The quantitative estimate of drug-likeness (QED) is 0.314. The Bertz CT molecular complexity index is 1010. The standard InChI is InChI=1S/C26H26F3NO3/c27-26(28,29)22-12-8-20(9-13-22)24-16-7-19(18-30-24)6-4-2-1-3-5-17-33-23-14-10-21(11-15-23)25(31)32/h7-16,18H,1-6,17H2,(H,31,32). The minimum absolute atomic E-state index is 0.242. The predicted molar refractivity (Wildman–Crippen MR) is 120 cm³/mol. The van der Waals surface area contributed by atoms with E-state index >= 15 is 0 Å². The zero-order valence-electron chi connectivity index (χ0n) is 18.1. The van der Waals surface area contributed by atoms with E-state index in [1.54, 1.807) is 18.3 Å². The molecule has 0 amide bonds. The number of carbonyl (C=O) groups is 1. The first-order valence-corrected chi connectivity index (χ1v) is 10.9. The van der Waals surface area contributed by atoms with Gasteiger partial charge in [-0.3, -0.25) is 4.98 Å². The van der Waals surface area contributed by atoms with Crippen molar-refractivity contribution in [3.05, 3.63) is 83.6 Å². The van der Waals surface area contributed by atoms with Crippen LogP contribution >= 0.6 is 0 Å². The zero-order valence-corrected chi connectivity index (χ0v) is 18.1. The van der Waals surface area contributed by atoms with Gasteiger partial charge in [0.1, 0.15) is 5.75 Å². The van der Waals surface area contributed by atoms with Crippen LogP contribution in [0.15, 0.2) is 66.9 Å². The van der Waals surface area contributed by atoms with Gasteiger partial charge in [-0.2, -0.15) is 13.2 Å². The highest BCUT2D eigenvalue weighted by Gasteiger charge is 2.29. The first-order chi connectivity index (χ1) is 15.8. The van der Waals surface area contributed by atoms with Gasteiger partial charge in [-0.05, 0) is 67.3 Å². The topological polar surface area (TPSA) is 59.4 Å². The van der Waals surface area contributed by atoms with Crippen LogP contribution in [0.2, 0.25) is 0 Å². The van der Waals surface area contributed by atoms with E-state index in [9.17, 15) is 18.0 Å². The normalized spacial score (nSPS) is 11.4. The second-order valence-electron chi connectivity index (χ2n) is 7.82. The number of benzene rings is 2. The summed E-state index contributed by atoms with van der Waals surface area (Å²) in [6.45, 7) is 0.599. The Morgan fingerprint density at radius 3 is 2.12 bits per heavy atom. The molecular formula is C26H26F3NO3. The van der Waals surface area contributed by atoms with E-state index in [-0.39, 0.29) is 5.56 Å². The van der Waals surface area contributed by atoms with Gasteiger partial charge < -0.3 is 9.84 Å². The molecule has 0 aliphatic heterocycles. The number of ether oxygens (including phenoxy) is 1. The first kappa shape index (κ1) is 24.3. The summed E-state index contributed by atoms with van der Waals surface area (Å²) < 4.78 is 43.7. The van der Waals surface area contributed by atoms with E-state index in [4.69, 9.17) is 9.84 Å². The number of hydrogen-bond donors (Lipinski definition) is 1. The van der Waals surface area contributed by atoms with Crippen molar-refractivity contribution in [1.29, 1.82) is 0 Å². The molecule has 1 aromatic heterocycles. The fraction of sp³-hybridized carbons (Fsp3) is 0.308. The van der Waals surface area contributed by atoms with Gasteiger partial charge in [-0.15, -0.1) is 0 Å². The summed E-state index contributed by atoms with van der Waals surface area (Å²) in [6, 6.07) is 15.3. The summed E-state index contributed by atoms with van der Waals surface area (Å²) in [4.78, 5) is 15.2. The Labute approximate surface area is 191 Å².